The highest BCUT2D eigenvalue weighted by atomic mass is 16.2. The van der Waals surface area contributed by atoms with E-state index in [0.29, 0.717) is 5.92 Å². The third-order valence-corrected chi connectivity index (χ3v) is 5.62. The number of benzene rings is 1. The summed E-state index contributed by atoms with van der Waals surface area (Å²) in [7, 11) is 0. The molecular formula is C25H27N5O. The Labute approximate surface area is 183 Å². The number of aryl methyl sites for hydroxylation is 1. The van der Waals surface area contributed by atoms with Crippen LogP contribution < -0.4 is 5.32 Å². The summed E-state index contributed by atoms with van der Waals surface area (Å²) in [6, 6.07) is 15.8. The van der Waals surface area contributed by atoms with Gasteiger partial charge in [0.05, 0.1) is 0 Å². The summed E-state index contributed by atoms with van der Waals surface area (Å²) >= 11 is 0. The molecule has 1 aliphatic heterocycles. The minimum Gasteiger partial charge on any atom is -0.339 e. The first-order chi connectivity index (χ1) is 15.2. The minimum absolute atomic E-state index is 0.0848. The second-order valence-electron chi connectivity index (χ2n) is 7.91. The third-order valence-electron chi connectivity index (χ3n) is 5.62. The number of amides is 1. The predicted octanol–water partition coefficient (Wildman–Crippen LogP) is 4.42. The molecule has 1 amide bonds. The van der Waals surface area contributed by atoms with Crippen molar-refractivity contribution in [3.05, 3.63) is 84.0 Å². The highest BCUT2D eigenvalue weighted by molar-refractivity contribution is 5.91. The fourth-order valence-corrected chi connectivity index (χ4v) is 3.81. The molecule has 2 aromatic heterocycles. The first-order valence-corrected chi connectivity index (χ1v) is 10.7. The van der Waals surface area contributed by atoms with Crippen LogP contribution in [0.5, 0.6) is 0 Å². The van der Waals surface area contributed by atoms with Crippen LogP contribution in [0.1, 0.15) is 29.7 Å². The zero-order valence-corrected chi connectivity index (χ0v) is 17.7. The lowest BCUT2D eigenvalue weighted by Gasteiger charge is -2.31. The van der Waals surface area contributed by atoms with Gasteiger partial charge >= 0.3 is 0 Å². The Balaban J connectivity index is 1.29. The van der Waals surface area contributed by atoms with Crippen molar-refractivity contribution in [3.63, 3.8) is 0 Å². The van der Waals surface area contributed by atoms with Crippen molar-refractivity contribution in [1.82, 2.24) is 19.9 Å². The second kappa shape index (κ2) is 9.98. The standard InChI is InChI=1S/C25H27N5O/c1-19-6-5-13-26-25(19)29-23-17-22(27-18-28-23)16-21-11-14-30(15-12-21)24(31)10-9-20-7-3-2-4-8-20/h2-10,13,17-18,21H,11-12,14-16H2,1H3,(H,26,27,28,29)/b10-9+. The molecule has 6 nitrogen and oxygen atoms in total. The fraction of sp³-hybridized carbons (Fsp3) is 0.280. The average molecular weight is 414 g/mol. The van der Waals surface area contributed by atoms with E-state index < -0.39 is 0 Å². The van der Waals surface area contributed by atoms with E-state index in [2.05, 4.69) is 20.3 Å². The van der Waals surface area contributed by atoms with E-state index in [1.807, 2.05) is 66.4 Å². The van der Waals surface area contributed by atoms with Crippen LogP contribution in [0.4, 0.5) is 11.6 Å². The molecular weight excluding hydrogens is 386 g/mol. The van der Waals surface area contributed by atoms with Crippen LogP contribution in [0.15, 0.2) is 67.1 Å². The van der Waals surface area contributed by atoms with E-state index >= 15 is 0 Å². The number of carbonyl (C=O) groups excluding carboxylic acids is 1. The van der Waals surface area contributed by atoms with E-state index in [0.717, 1.165) is 60.8 Å². The summed E-state index contributed by atoms with van der Waals surface area (Å²) < 4.78 is 0. The van der Waals surface area contributed by atoms with Crippen molar-refractivity contribution in [2.24, 2.45) is 5.92 Å². The Morgan fingerprint density at radius 3 is 2.68 bits per heavy atom. The number of aromatic nitrogens is 3. The lowest BCUT2D eigenvalue weighted by atomic mass is 9.92. The third kappa shape index (κ3) is 5.75. The number of piperidine rings is 1. The summed E-state index contributed by atoms with van der Waals surface area (Å²) in [6.45, 7) is 3.58. The highest BCUT2D eigenvalue weighted by Crippen LogP contribution is 2.23. The molecule has 1 fully saturated rings. The lowest BCUT2D eigenvalue weighted by Crippen LogP contribution is -2.38. The van der Waals surface area contributed by atoms with Crippen molar-refractivity contribution in [2.75, 3.05) is 18.4 Å². The number of pyridine rings is 1. The van der Waals surface area contributed by atoms with Crippen LogP contribution in [0, 0.1) is 12.8 Å². The normalized spacial score (nSPS) is 14.7. The largest absolute Gasteiger partial charge is 0.339 e. The Kier molecular flexibility index (Phi) is 6.67. The summed E-state index contributed by atoms with van der Waals surface area (Å²) in [5.74, 6) is 2.16. The number of anilines is 2. The van der Waals surface area contributed by atoms with E-state index in [1.54, 1.807) is 18.6 Å². The van der Waals surface area contributed by atoms with Gasteiger partial charge in [-0.05, 0) is 55.4 Å². The van der Waals surface area contributed by atoms with Gasteiger partial charge in [0, 0.05) is 37.1 Å². The van der Waals surface area contributed by atoms with E-state index in [1.165, 1.54) is 0 Å². The maximum absolute atomic E-state index is 12.5. The van der Waals surface area contributed by atoms with E-state index in [-0.39, 0.29) is 5.91 Å². The van der Waals surface area contributed by atoms with Crippen molar-refractivity contribution < 1.29 is 4.79 Å². The number of rotatable bonds is 6. The van der Waals surface area contributed by atoms with Crippen molar-refractivity contribution in [2.45, 2.75) is 26.2 Å². The number of hydrogen-bond acceptors (Lipinski definition) is 5. The molecule has 1 N–H and O–H groups in total. The first-order valence-electron chi connectivity index (χ1n) is 10.7. The summed E-state index contributed by atoms with van der Waals surface area (Å²) in [4.78, 5) is 27.6. The maximum Gasteiger partial charge on any atom is 0.246 e. The quantitative estimate of drug-likeness (QED) is 0.606. The molecule has 158 valence electrons. The predicted molar refractivity (Wildman–Crippen MR) is 123 cm³/mol. The van der Waals surface area contributed by atoms with Crippen molar-refractivity contribution in [1.29, 1.82) is 0 Å². The summed E-state index contributed by atoms with van der Waals surface area (Å²) in [5, 5.41) is 3.28. The van der Waals surface area contributed by atoms with Crippen LogP contribution in [-0.4, -0.2) is 38.8 Å². The first kappa shape index (κ1) is 20.7. The molecule has 0 atom stereocenters. The fourth-order valence-electron chi connectivity index (χ4n) is 3.81. The molecule has 1 aromatic carbocycles. The number of likely N-dealkylation sites (tertiary alicyclic amines) is 1. The molecule has 0 bridgehead atoms. The van der Waals surface area contributed by atoms with Gasteiger partial charge in [-0.15, -0.1) is 0 Å². The molecule has 0 radical (unpaired) electrons. The monoisotopic (exact) mass is 413 g/mol. The van der Waals surface area contributed by atoms with Crippen LogP contribution in [-0.2, 0) is 11.2 Å². The molecule has 0 aliphatic carbocycles. The van der Waals surface area contributed by atoms with Crippen LogP contribution in [0.2, 0.25) is 0 Å². The molecule has 3 heterocycles. The van der Waals surface area contributed by atoms with E-state index in [9.17, 15) is 4.79 Å². The van der Waals surface area contributed by atoms with Gasteiger partial charge in [0.2, 0.25) is 5.91 Å². The zero-order valence-electron chi connectivity index (χ0n) is 17.7. The summed E-state index contributed by atoms with van der Waals surface area (Å²) in [5.41, 5.74) is 3.13. The van der Waals surface area contributed by atoms with E-state index in [4.69, 9.17) is 0 Å². The Hall–Kier alpha value is -3.54. The van der Waals surface area contributed by atoms with Crippen LogP contribution in [0.3, 0.4) is 0 Å². The molecule has 4 rings (SSSR count). The molecule has 6 heteroatoms. The van der Waals surface area contributed by atoms with Gasteiger partial charge in [0.25, 0.3) is 0 Å². The van der Waals surface area contributed by atoms with Crippen molar-refractivity contribution >= 4 is 23.6 Å². The summed E-state index contributed by atoms with van der Waals surface area (Å²) in [6.07, 6.45) is 9.78. The number of nitrogens with one attached hydrogen (secondary N) is 1. The van der Waals surface area contributed by atoms with Gasteiger partial charge in [-0.1, -0.05) is 36.4 Å². The average Bonchev–Trinajstić information content (AvgIpc) is 2.80. The van der Waals surface area contributed by atoms with Crippen molar-refractivity contribution in [3.8, 4) is 0 Å². The lowest BCUT2D eigenvalue weighted by molar-refractivity contribution is -0.127. The molecule has 1 aliphatic rings. The SMILES string of the molecule is Cc1cccnc1Nc1cc(CC2CCN(C(=O)/C=C/c3ccccc3)CC2)ncn1. The molecule has 31 heavy (non-hydrogen) atoms. The maximum atomic E-state index is 12.5. The molecule has 1 saturated heterocycles. The minimum atomic E-state index is 0.0848. The Morgan fingerprint density at radius 1 is 1.10 bits per heavy atom. The topological polar surface area (TPSA) is 71.0 Å². The molecule has 0 unspecified atom stereocenters. The highest BCUT2D eigenvalue weighted by Gasteiger charge is 2.22. The van der Waals surface area contributed by atoms with Gasteiger partial charge in [0.15, 0.2) is 0 Å². The molecule has 3 aromatic rings. The Morgan fingerprint density at radius 2 is 1.90 bits per heavy atom. The zero-order chi connectivity index (χ0) is 21.5. The molecule has 0 saturated carbocycles. The van der Waals surface area contributed by atoms with Crippen LogP contribution >= 0.6 is 0 Å². The second-order valence-corrected chi connectivity index (χ2v) is 7.91. The number of hydrogen-bond donors (Lipinski definition) is 1. The van der Waals surface area contributed by atoms with Gasteiger partial charge in [0.1, 0.15) is 18.0 Å². The van der Waals surface area contributed by atoms with Gasteiger partial charge < -0.3 is 10.2 Å². The van der Waals surface area contributed by atoms with Gasteiger partial charge in [-0.2, -0.15) is 0 Å². The smallest absolute Gasteiger partial charge is 0.246 e. The van der Waals surface area contributed by atoms with Gasteiger partial charge in [-0.3, -0.25) is 4.79 Å². The Bertz CT molecular complexity index is 1040. The number of carbonyl (C=O) groups is 1. The van der Waals surface area contributed by atoms with Crippen LogP contribution in [0.25, 0.3) is 6.08 Å². The molecule has 0 spiro atoms. The van der Waals surface area contributed by atoms with Gasteiger partial charge in [-0.25, -0.2) is 15.0 Å². The number of nitrogens with zero attached hydrogens (tertiary/aromatic N) is 4.